The predicted molar refractivity (Wildman–Crippen MR) is 127 cm³/mol. The van der Waals surface area contributed by atoms with Crippen LogP contribution in [0.4, 0.5) is 5.69 Å². The fraction of sp³-hybridized carbons (Fsp3) is 0.385. The molecular weight excluding hydrogens is 402 g/mol. The van der Waals surface area contributed by atoms with Gasteiger partial charge in [0.1, 0.15) is 0 Å². The normalized spacial score (nSPS) is 19.7. The van der Waals surface area contributed by atoms with Gasteiger partial charge in [-0.25, -0.2) is 0 Å². The van der Waals surface area contributed by atoms with E-state index in [1.54, 1.807) is 24.3 Å². The third-order valence-electron chi connectivity index (χ3n) is 6.16. The molecule has 0 bridgehead atoms. The number of ether oxygens (including phenoxy) is 1. The zero-order chi connectivity index (χ0) is 22.3. The maximum Gasteiger partial charge on any atom is 0.291 e. The highest BCUT2D eigenvalue weighted by molar-refractivity contribution is 6.09. The first-order valence-electron chi connectivity index (χ1n) is 11.6. The first-order valence-corrected chi connectivity index (χ1v) is 11.6. The van der Waals surface area contributed by atoms with E-state index < -0.39 is 0 Å². The first kappa shape index (κ1) is 22.1. The first-order chi connectivity index (χ1) is 15.6. The zero-order valence-electron chi connectivity index (χ0n) is 18.6. The van der Waals surface area contributed by atoms with Crippen molar-refractivity contribution in [1.82, 2.24) is 10.2 Å². The molecule has 1 fully saturated rings. The Morgan fingerprint density at radius 1 is 1.22 bits per heavy atom. The zero-order valence-corrected chi connectivity index (χ0v) is 18.6. The number of fused-ring (bicyclic) bond motifs is 1. The molecule has 0 aromatic heterocycles. The van der Waals surface area contributed by atoms with E-state index in [4.69, 9.17) is 4.74 Å². The Labute approximate surface area is 189 Å². The Morgan fingerprint density at radius 2 is 2.06 bits per heavy atom. The smallest absolute Gasteiger partial charge is 0.291 e. The summed E-state index contributed by atoms with van der Waals surface area (Å²) in [5, 5.41) is 5.83. The SMILES string of the molecule is CC[C@H]1CCCCN1CCCNC(=O)c1ccc2c(c1)NC(=O)/C(=C\c1ccccc1)O2. The number of hydrogen-bond donors (Lipinski definition) is 2. The van der Waals surface area contributed by atoms with Gasteiger partial charge in [0.2, 0.25) is 0 Å². The van der Waals surface area contributed by atoms with Crippen molar-refractivity contribution in [3.05, 3.63) is 65.4 Å². The summed E-state index contributed by atoms with van der Waals surface area (Å²) in [6.07, 6.45) is 7.71. The number of nitrogens with one attached hydrogen (secondary N) is 2. The van der Waals surface area contributed by atoms with Crippen molar-refractivity contribution in [1.29, 1.82) is 0 Å². The molecule has 2 N–H and O–H groups in total. The fourth-order valence-corrected chi connectivity index (χ4v) is 4.41. The van der Waals surface area contributed by atoms with Gasteiger partial charge >= 0.3 is 0 Å². The average Bonchev–Trinajstić information content (AvgIpc) is 2.82. The quantitative estimate of drug-likeness (QED) is 0.500. The Kier molecular flexibility index (Phi) is 7.22. The molecule has 0 unspecified atom stereocenters. The Hall–Kier alpha value is -3.12. The largest absolute Gasteiger partial charge is 0.449 e. The third-order valence-corrected chi connectivity index (χ3v) is 6.16. The predicted octanol–water partition coefficient (Wildman–Crippen LogP) is 4.44. The summed E-state index contributed by atoms with van der Waals surface area (Å²) in [5.74, 6) is 0.285. The second kappa shape index (κ2) is 10.5. The summed E-state index contributed by atoms with van der Waals surface area (Å²) in [4.78, 5) is 27.6. The number of nitrogens with zero attached hydrogens (tertiary/aromatic N) is 1. The summed E-state index contributed by atoms with van der Waals surface area (Å²) in [5.41, 5.74) is 1.89. The topological polar surface area (TPSA) is 70.7 Å². The highest BCUT2D eigenvalue weighted by Crippen LogP contribution is 2.32. The monoisotopic (exact) mass is 433 g/mol. The van der Waals surface area contributed by atoms with Crippen LogP contribution < -0.4 is 15.4 Å². The molecule has 2 aliphatic heterocycles. The van der Waals surface area contributed by atoms with E-state index >= 15 is 0 Å². The van der Waals surface area contributed by atoms with Crippen LogP contribution in [0.15, 0.2) is 54.3 Å². The number of piperidine rings is 1. The number of rotatable bonds is 7. The lowest BCUT2D eigenvalue weighted by Crippen LogP contribution is -2.40. The molecule has 6 nitrogen and oxygen atoms in total. The van der Waals surface area contributed by atoms with Crippen LogP contribution in [0.1, 0.15) is 54.9 Å². The highest BCUT2D eigenvalue weighted by atomic mass is 16.5. The van der Waals surface area contributed by atoms with E-state index in [0.717, 1.165) is 25.1 Å². The number of likely N-dealkylation sites (tertiary alicyclic amines) is 1. The van der Waals surface area contributed by atoms with E-state index in [-0.39, 0.29) is 17.6 Å². The molecule has 1 atom stereocenters. The van der Waals surface area contributed by atoms with Crippen LogP contribution in [0.5, 0.6) is 5.75 Å². The van der Waals surface area contributed by atoms with Gasteiger partial charge in [-0.15, -0.1) is 0 Å². The molecule has 32 heavy (non-hydrogen) atoms. The molecule has 2 aromatic carbocycles. The van der Waals surface area contributed by atoms with Crippen LogP contribution in [-0.2, 0) is 4.79 Å². The summed E-state index contributed by atoms with van der Waals surface area (Å²) < 4.78 is 5.78. The molecule has 168 valence electrons. The van der Waals surface area contributed by atoms with Crippen LogP contribution in [-0.4, -0.2) is 42.4 Å². The van der Waals surface area contributed by atoms with Gasteiger partial charge in [0, 0.05) is 24.7 Å². The maximum atomic E-state index is 12.6. The highest BCUT2D eigenvalue weighted by Gasteiger charge is 2.23. The van der Waals surface area contributed by atoms with Crippen molar-refractivity contribution in [2.45, 2.75) is 45.1 Å². The van der Waals surface area contributed by atoms with Crippen LogP contribution in [0, 0.1) is 0 Å². The molecule has 4 rings (SSSR count). The standard InChI is InChI=1S/C26H31N3O3/c1-2-21-11-6-7-15-29(21)16-8-14-27-25(30)20-12-13-23-22(18-20)28-26(31)24(32-23)17-19-9-4-3-5-10-19/h3-5,9-10,12-13,17-18,21H,2,6-8,11,14-16H2,1H3,(H,27,30)(H,28,31)/b24-17+/t21-/m0/s1. The van der Waals surface area contributed by atoms with E-state index in [1.807, 2.05) is 30.3 Å². The molecule has 2 heterocycles. The van der Waals surface area contributed by atoms with E-state index in [1.165, 1.54) is 25.7 Å². The summed E-state index contributed by atoms with van der Waals surface area (Å²) in [6, 6.07) is 15.3. The van der Waals surface area contributed by atoms with E-state index in [0.29, 0.717) is 29.6 Å². The van der Waals surface area contributed by atoms with Gasteiger partial charge in [-0.1, -0.05) is 43.7 Å². The van der Waals surface area contributed by atoms with Gasteiger partial charge in [-0.05, 0) is 62.1 Å². The molecule has 2 amide bonds. The van der Waals surface area contributed by atoms with Gasteiger partial charge in [0.15, 0.2) is 11.5 Å². The van der Waals surface area contributed by atoms with Gasteiger partial charge in [0.25, 0.3) is 11.8 Å². The van der Waals surface area contributed by atoms with Crippen molar-refractivity contribution in [3.8, 4) is 5.75 Å². The molecular formula is C26H31N3O3. The second-order valence-electron chi connectivity index (χ2n) is 8.39. The number of amides is 2. The lowest BCUT2D eigenvalue weighted by atomic mass is 10.00. The molecule has 0 radical (unpaired) electrons. The Morgan fingerprint density at radius 3 is 2.88 bits per heavy atom. The van der Waals surface area contributed by atoms with Crippen molar-refractivity contribution in [2.24, 2.45) is 0 Å². The number of carbonyl (C=O) groups excluding carboxylic acids is 2. The molecule has 2 aromatic rings. The lowest BCUT2D eigenvalue weighted by molar-refractivity contribution is -0.115. The third kappa shape index (κ3) is 5.37. The molecule has 2 aliphatic rings. The minimum Gasteiger partial charge on any atom is -0.449 e. The molecule has 0 aliphatic carbocycles. The van der Waals surface area contributed by atoms with Crippen molar-refractivity contribution in [2.75, 3.05) is 25.0 Å². The summed E-state index contributed by atoms with van der Waals surface area (Å²) in [7, 11) is 0. The van der Waals surface area contributed by atoms with Crippen molar-refractivity contribution in [3.63, 3.8) is 0 Å². The Bertz CT molecular complexity index is 987. The van der Waals surface area contributed by atoms with Gasteiger partial charge < -0.3 is 20.3 Å². The van der Waals surface area contributed by atoms with Crippen molar-refractivity contribution < 1.29 is 14.3 Å². The van der Waals surface area contributed by atoms with Crippen LogP contribution >= 0.6 is 0 Å². The number of anilines is 1. The maximum absolute atomic E-state index is 12.6. The number of benzene rings is 2. The van der Waals surface area contributed by atoms with E-state index in [9.17, 15) is 9.59 Å². The molecule has 0 saturated carbocycles. The number of carbonyl (C=O) groups is 2. The van der Waals surface area contributed by atoms with Crippen LogP contribution in [0.3, 0.4) is 0 Å². The van der Waals surface area contributed by atoms with Crippen LogP contribution in [0.25, 0.3) is 6.08 Å². The summed E-state index contributed by atoms with van der Waals surface area (Å²) >= 11 is 0. The second-order valence-corrected chi connectivity index (χ2v) is 8.39. The van der Waals surface area contributed by atoms with Gasteiger partial charge in [-0.2, -0.15) is 0 Å². The average molecular weight is 434 g/mol. The molecule has 0 spiro atoms. The van der Waals surface area contributed by atoms with Gasteiger partial charge in [-0.3, -0.25) is 9.59 Å². The lowest BCUT2D eigenvalue weighted by Gasteiger charge is -2.35. The Balaban J connectivity index is 1.32. The van der Waals surface area contributed by atoms with Gasteiger partial charge in [0.05, 0.1) is 5.69 Å². The molecule has 1 saturated heterocycles. The summed E-state index contributed by atoms with van der Waals surface area (Å²) in [6.45, 7) is 5.07. The minimum absolute atomic E-state index is 0.140. The molecule has 6 heteroatoms. The van der Waals surface area contributed by atoms with E-state index in [2.05, 4.69) is 22.5 Å². The van der Waals surface area contributed by atoms with Crippen molar-refractivity contribution >= 4 is 23.6 Å². The minimum atomic E-state index is -0.328. The number of hydrogen-bond acceptors (Lipinski definition) is 4. The fourth-order valence-electron chi connectivity index (χ4n) is 4.41. The van der Waals surface area contributed by atoms with Crippen LogP contribution in [0.2, 0.25) is 0 Å².